The molecule has 1 amide bonds. The third kappa shape index (κ3) is 3.09. The Hall–Kier alpha value is -1.31. The number of amides is 1. The van der Waals surface area contributed by atoms with Gasteiger partial charge in [0.05, 0.1) is 0 Å². The van der Waals surface area contributed by atoms with Gasteiger partial charge in [-0.25, -0.2) is 0 Å². The molecule has 0 bridgehead atoms. The topological polar surface area (TPSA) is 20.3 Å². The van der Waals surface area contributed by atoms with Crippen LogP contribution in [0.3, 0.4) is 0 Å². The van der Waals surface area contributed by atoms with Crippen molar-refractivity contribution in [2.75, 3.05) is 7.05 Å². The highest BCUT2D eigenvalue weighted by Gasteiger charge is 2.07. The molecule has 1 rings (SSSR count). The summed E-state index contributed by atoms with van der Waals surface area (Å²) in [7, 11) is 1.84. The third-order valence-electron chi connectivity index (χ3n) is 2.98. The van der Waals surface area contributed by atoms with Gasteiger partial charge in [0.1, 0.15) is 0 Å². The van der Waals surface area contributed by atoms with Gasteiger partial charge in [0.15, 0.2) is 0 Å². The van der Waals surface area contributed by atoms with Gasteiger partial charge in [0.25, 0.3) is 0 Å². The molecule has 0 aliphatic carbocycles. The average molecular weight is 219 g/mol. The number of hydrogen-bond donors (Lipinski definition) is 0. The normalized spacial score (nSPS) is 10.6. The van der Waals surface area contributed by atoms with Crippen molar-refractivity contribution >= 4 is 5.91 Å². The molecule has 0 aromatic heterocycles. The molecule has 0 spiro atoms. The largest absolute Gasteiger partial charge is 0.342 e. The highest BCUT2D eigenvalue weighted by Crippen LogP contribution is 2.19. The third-order valence-corrected chi connectivity index (χ3v) is 2.98. The van der Waals surface area contributed by atoms with E-state index in [0.29, 0.717) is 12.5 Å². The number of aryl methyl sites for hydroxylation is 1. The number of hydrogen-bond acceptors (Lipinski definition) is 1. The molecule has 0 atom stereocenters. The van der Waals surface area contributed by atoms with Gasteiger partial charge in [-0.05, 0) is 29.5 Å². The molecule has 0 unspecified atom stereocenters. The van der Waals surface area contributed by atoms with Crippen molar-refractivity contribution < 1.29 is 4.79 Å². The SMILES string of the molecule is CC(=O)N(C)Cc1cc(C(C)C)ccc1C. The molecule has 88 valence electrons. The van der Waals surface area contributed by atoms with E-state index in [9.17, 15) is 4.79 Å². The Morgan fingerprint density at radius 1 is 1.38 bits per heavy atom. The highest BCUT2D eigenvalue weighted by atomic mass is 16.2. The maximum absolute atomic E-state index is 11.2. The molecule has 0 saturated heterocycles. The van der Waals surface area contributed by atoms with Gasteiger partial charge in [-0.1, -0.05) is 32.0 Å². The van der Waals surface area contributed by atoms with Gasteiger partial charge < -0.3 is 4.90 Å². The predicted octanol–water partition coefficient (Wildman–Crippen LogP) is 3.10. The van der Waals surface area contributed by atoms with Crippen LogP contribution in [0.25, 0.3) is 0 Å². The van der Waals surface area contributed by atoms with Gasteiger partial charge >= 0.3 is 0 Å². The van der Waals surface area contributed by atoms with Crippen LogP contribution in [0.15, 0.2) is 18.2 Å². The predicted molar refractivity (Wildman–Crippen MR) is 67.4 cm³/mol. The smallest absolute Gasteiger partial charge is 0.219 e. The van der Waals surface area contributed by atoms with E-state index in [2.05, 4.69) is 39.0 Å². The summed E-state index contributed by atoms with van der Waals surface area (Å²) in [4.78, 5) is 12.9. The number of rotatable bonds is 3. The molecule has 0 saturated carbocycles. The van der Waals surface area contributed by atoms with E-state index in [1.54, 1.807) is 11.8 Å². The van der Waals surface area contributed by atoms with Crippen molar-refractivity contribution in [1.29, 1.82) is 0 Å². The molecule has 1 aromatic carbocycles. The first-order valence-electron chi connectivity index (χ1n) is 5.73. The lowest BCUT2D eigenvalue weighted by atomic mass is 9.97. The van der Waals surface area contributed by atoms with Crippen LogP contribution < -0.4 is 0 Å². The van der Waals surface area contributed by atoms with Gasteiger partial charge in [-0.2, -0.15) is 0 Å². The Kier molecular flexibility index (Phi) is 4.11. The second-order valence-electron chi connectivity index (χ2n) is 4.72. The standard InChI is InChI=1S/C14H21NO/c1-10(2)13-7-6-11(3)14(8-13)9-15(5)12(4)16/h6-8,10H,9H2,1-5H3. The van der Waals surface area contributed by atoms with Gasteiger partial charge in [0, 0.05) is 20.5 Å². The fourth-order valence-electron chi connectivity index (χ4n) is 1.59. The van der Waals surface area contributed by atoms with Crippen molar-refractivity contribution in [1.82, 2.24) is 4.90 Å². The molecule has 0 N–H and O–H groups in total. The van der Waals surface area contributed by atoms with Gasteiger partial charge in [-0.15, -0.1) is 0 Å². The number of carbonyl (C=O) groups is 1. The van der Waals surface area contributed by atoms with E-state index in [0.717, 1.165) is 0 Å². The van der Waals surface area contributed by atoms with Crippen molar-refractivity contribution in [3.63, 3.8) is 0 Å². The molecule has 2 nitrogen and oxygen atoms in total. The summed E-state index contributed by atoms with van der Waals surface area (Å²) in [6.07, 6.45) is 0. The Bertz CT molecular complexity index is 382. The summed E-state index contributed by atoms with van der Waals surface area (Å²) in [6.45, 7) is 8.75. The first kappa shape index (κ1) is 12.8. The molecule has 0 aliphatic heterocycles. The molecule has 0 fully saturated rings. The molecular formula is C14H21NO. The zero-order valence-corrected chi connectivity index (χ0v) is 10.9. The lowest BCUT2D eigenvalue weighted by molar-refractivity contribution is -0.128. The monoisotopic (exact) mass is 219 g/mol. The summed E-state index contributed by atoms with van der Waals surface area (Å²) in [6, 6.07) is 6.51. The summed E-state index contributed by atoms with van der Waals surface area (Å²) >= 11 is 0. The quantitative estimate of drug-likeness (QED) is 0.765. The average Bonchev–Trinajstić information content (AvgIpc) is 2.20. The fraction of sp³-hybridized carbons (Fsp3) is 0.500. The Morgan fingerprint density at radius 3 is 2.50 bits per heavy atom. The maximum Gasteiger partial charge on any atom is 0.219 e. The Labute approximate surface area is 98.3 Å². The maximum atomic E-state index is 11.2. The minimum atomic E-state index is 0.106. The van der Waals surface area contributed by atoms with Gasteiger partial charge in [0.2, 0.25) is 5.91 Å². The van der Waals surface area contributed by atoms with Crippen molar-refractivity contribution in [3.05, 3.63) is 34.9 Å². The van der Waals surface area contributed by atoms with Crippen molar-refractivity contribution in [2.45, 2.75) is 40.2 Å². The van der Waals surface area contributed by atoms with Crippen LogP contribution in [0.1, 0.15) is 43.4 Å². The second-order valence-corrected chi connectivity index (χ2v) is 4.72. The molecular weight excluding hydrogens is 198 g/mol. The van der Waals surface area contributed by atoms with Crippen molar-refractivity contribution in [3.8, 4) is 0 Å². The molecule has 1 aromatic rings. The van der Waals surface area contributed by atoms with E-state index in [1.807, 2.05) is 7.05 Å². The van der Waals surface area contributed by atoms with Crippen LogP contribution in [0.2, 0.25) is 0 Å². The van der Waals surface area contributed by atoms with Gasteiger partial charge in [-0.3, -0.25) is 4.79 Å². The van der Waals surface area contributed by atoms with E-state index in [-0.39, 0.29) is 5.91 Å². The van der Waals surface area contributed by atoms with E-state index >= 15 is 0 Å². The lowest BCUT2D eigenvalue weighted by Gasteiger charge is -2.18. The summed E-state index contributed by atoms with van der Waals surface area (Å²) in [5.41, 5.74) is 3.82. The highest BCUT2D eigenvalue weighted by molar-refractivity contribution is 5.72. The molecule has 2 heteroatoms. The number of carbonyl (C=O) groups excluding carboxylic acids is 1. The van der Waals surface area contributed by atoms with Crippen LogP contribution in [0.5, 0.6) is 0 Å². The first-order chi connectivity index (χ1) is 7.41. The zero-order valence-electron chi connectivity index (χ0n) is 10.9. The first-order valence-corrected chi connectivity index (χ1v) is 5.73. The number of benzene rings is 1. The molecule has 16 heavy (non-hydrogen) atoms. The van der Waals surface area contributed by atoms with Crippen LogP contribution >= 0.6 is 0 Å². The van der Waals surface area contributed by atoms with Crippen LogP contribution in [-0.4, -0.2) is 17.9 Å². The molecule has 0 aliphatic rings. The molecule has 0 radical (unpaired) electrons. The van der Waals surface area contributed by atoms with E-state index in [1.165, 1.54) is 16.7 Å². The van der Waals surface area contributed by atoms with Crippen LogP contribution in [-0.2, 0) is 11.3 Å². The van der Waals surface area contributed by atoms with Crippen molar-refractivity contribution in [2.24, 2.45) is 0 Å². The van der Waals surface area contributed by atoms with Crippen LogP contribution in [0, 0.1) is 6.92 Å². The fourth-order valence-corrected chi connectivity index (χ4v) is 1.59. The Balaban J connectivity index is 2.94. The lowest BCUT2D eigenvalue weighted by Crippen LogP contribution is -2.23. The second kappa shape index (κ2) is 5.15. The van der Waals surface area contributed by atoms with E-state index in [4.69, 9.17) is 0 Å². The minimum Gasteiger partial charge on any atom is -0.342 e. The summed E-state index contributed by atoms with van der Waals surface area (Å²) in [5.74, 6) is 0.635. The minimum absolute atomic E-state index is 0.106. The van der Waals surface area contributed by atoms with Crippen LogP contribution in [0.4, 0.5) is 0 Å². The Morgan fingerprint density at radius 2 is 2.00 bits per heavy atom. The summed E-state index contributed by atoms with van der Waals surface area (Å²) in [5, 5.41) is 0. The number of nitrogens with zero attached hydrogens (tertiary/aromatic N) is 1. The summed E-state index contributed by atoms with van der Waals surface area (Å²) < 4.78 is 0. The van der Waals surface area contributed by atoms with E-state index < -0.39 is 0 Å². The molecule has 0 heterocycles. The zero-order chi connectivity index (χ0) is 12.3.